The van der Waals surface area contributed by atoms with E-state index >= 15 is 0 Å². The minimum atomic E-state index is 0.471. The van der Waals surface area contributed by atoms with Crippen molar-refractivity contribution in [1.82, 2.24) is 24.7 Å². The van der Waals surface area contributed by atoms with Crippen molar-refractivity contribution in [1.29, 1.82) is 0 Å². The molecule has 0 aromatic carbocycles. The summed E-state index contributed by atoms with van der Waals surface area (Å²) in [6, 6.07) is 3.59. The first-order chi connectivity index (χ1) is 12.7. The van der Waals surface area contributed by atoms with Gasteiger partial charge >= 0.3 is 0 Å². The Bertz CT molecular complexity index is 926. The molecule has 26 heavy (non-hydrogen) atoms. The molecule has 0 saturated carbocycles. The lowest BCUT2D eigenvalue weighted by molar-refractivity contribution is 0.236. The molecule has 4 N–H and O–H groups in total. The fourth-order valence-electron chi connectivity index (χ4n) is 2.57. The zero-order valence-electron chi connectivity index (χ0n) is 14.1. The number of hydrazine groups is 1. The number of ether oxygens (including phenoxy) is 2. The Morgan fingerprint density at radius 1 is 1.23 bits per heavy atom. The number of nitrogens with two attached hydrogens (primary N) is 1. The Morgan fingerprint density at radius 3 is 3.00 bits per heavy atom. The highest BCUT2D eigenvalue weighted by Crippen LogP contribution is 2.31. The number of pyridine rings is 1. The van der Waals surface area contributed by atoms with Crippen LogP contribution in [0.25, 0.3) is 11.4 Å². The van der Waals surface area contributed by atoms with Gasteiger partial charge in [-0.05, 0) is 6.07 Å². The molecule has 10 nitrogen and oxygen atoms in total. The van der Waals surface area contributed by atoms with E-state index in [1.165, 1.54) is 0 Å². The SMILES string of the molecule is Cn1ncc2c1OCCCOc1ccnc(c1)Nc1nc-2ncc1NN. The number of rotatable bonds is 1. The predicted molar refractivity (Wildman–Crippen MR) is 95.2 cm³/mol. The van der Waals surface area contributed by atoms with Gasteiger partial charge in [0.15, 0.2) is 11.6 Å². The molecule has 0 fully saturated rings. The molecular formula is C16H18N8O2. The minimum Gasteiger partial charge on any atom is -0.493 e. The van der Waals surface area contributed by atoms with Crippen molar-refractivity contribution in [2.24, 2.45) is 12.9 Å². The number of anilines is 3. The van der Waals surface area contributed by atoms with E-state index in [-0.39, 0.29) is 0 Å². The van der Waals surface area contributed by atoms with E-state index in [9.17, 15) is 0 Å². The molecular weight excluding hydrogens is 336 g/mol. The molecule has 4 heterocycles. The zero-order valence-corrected chi connectivity index (χ0v) is 14.1. The molecule has 0 unspecified atom stereocenters. The Labute approximate surface area is 149 Å². The second-order valence-corrected chi connectivity index (χ2v) is 5.64. The molecule has 1 aliphatic rings. The van der Waals surface area contributed by atoms with Crippen LogP contribution in [0.1, 0.15) is 6.42 Å². The van der Waals surface area contributed by atoms with E-state index in [2.05, 4.69) is 30.8 Å². The maximum Gasteiger partial charge on any atom is 0.222 e. The van der Waals surface area contributed by atoms with Gasteiger partial charge in [0.25, 0.3) is 0 Å². The zero-order chi connectivity index (χ0) is 17.9. The number of nitrogens with one attached hydrogen (secondary N) is 2. The van der Waals surface area contributed by atoms with Crippen LogP contribution < -0.4 is 26.1 Å². The van der Waals surface area contributed by atoms with Gasteiger partial charge in [0, 0.05) is 25.7 Å². The third-order valence-corrected chi connectivity index (χ3v) is 3.84. The van der Waals surface area contributed by atoms with Crippen LogP contribution in [0.2, 0.25) is 0 Å². The highest BCUT2D eigenvalue weighted by atomic mass is 16.5. The molecule has 4 bridgehead atoms. The fourth-order valence-corrected chi connectivity index (χ4v) is 2.57. The van der Waals surface area contributed by atoms with Crippen LogP contribution in [0.4, 0.5) is 17.3 Å². The van der Waals surface area contributed by atoms with Gasteiger partial charge in [-0.25, -0.2) is 19.6 Å². The molecule has 0 spiro atoms. The Morgan fingerprint density at radius 2 is 2.12 bits per heavy atom. The third-order valence-electron chi connectivity index (χ3n) is 3.84. The van der Waals surface area contributed by atoms with Gasteiger partial charge in [-0.1, -0.05) is 0 Å². The fraction of sp³-hybridized carbons (Fsp3) is 0.250. The van der Waals surface area contributed by atoms with E-state index in [1.807, 2.05) is 7.05 Å². The van der Waals surface area contributed by atoms with Crippen molar-refractivity contribution in [3.05, 3.63) is 30.7 Å². The van der Waals surface area contributed by atoms with Crippen molar-refractivity contribution in [3.8, 4) is 23.0 Å². The first-order valence-electron chi connectivity index (χ1n) is 8.09. The van der Waals surface area contributed by atoms with Crippen LogP contribution >= 0.6 is 0 Å². The third kappa shape index (κ3) is 3.09. The lowest BCUT2D eigenvalue weighted by Crippen LogP contribution is -2.12. The van der Waals surface area contributed by atoms with E-state index in [1.54, 1.807) is 35.4 Å². The number of fused-ring (bicyclic) bond motifs is 6. The molecule has 0 radical (unpaired) electrons. The van der Waals surface area contributed by atoms with Crippen LogP contribution in [0.3, 0.4) is 0 Å². The number of hydrogen-bond acceptors (Lipinski definition) is 9. The molecule has 3 aromatic heterocycles. The summed E-state index contributed by atoms with van der Waals surface area (Å²) in [5.41, 5.74) is 3.80. The molecule has 3 aromatic rings. The van der Waals surface area contributed by atoms with Crippen LogP contribution in [0.15, 0.2) is 30.7 Å². The second-order valence-electron chi connectivity index (χ2n) is 5.64. The highest BCUT2D eigenvalue weighted by Gasteiger charge is 2.17. The van der Waals surface area contributed by atoms with Crippen LogP contribution in [-0.4, -0.2) is 37.9 Å². The van der Waals surface area contributed by atoms with Gasteiger partial charge in [-0.3, -0.25) is 5.84 Å². The van der Waals surface area contributed by atoms with Crippen LogP contribution in [0, 0.1) is 0 Å². The van der Waals surface area contributed by atoms with Crippen molar-refractivity contribution in [2.75, 3.05) is 24.0 Å². The summed E-state index contributed by atoms with van der Waals surface area (Å²) in [5, 5.41) is 7.39. The van der Waals surface area contributed by atoms with Crippen LogP contribution in [0.5, 0.6) is 11.6 Å². The van der Waals surface area contributed by atoms with E-state index in [0.29, 0.717) is 53.6 Å². The summed E-state index contributed by atoms with van der Waals surface area (Å²) >= 11 is 0. The molecule has 0 aliphatic carbocycles. The summed E-state index contributed by atoms with van der Waals surface area (Å²) < 4.78 is 13.3. The van der Waals surface area contributed by atoms with Crippen molar-refractivity contribution < 1.29 is 9.47 Å². The minimum absolute atomic E-state index is 0.471. The van der Waals surface area contributed by atoms with Gasteiger partial charge in [0.2, 0.25) is 5.88 Å². The maximum absolute atomic E-state index is 5.88. The lowest BCUT2D eigenvalue weighted by Gasteiger charge is -2.14. The average Bonchev–Trinajstić information content (AvgIpc) is 3.02. The maximum atomic E-state index is 5.88. The van der Waals surface area contributed by atoms with Gasteiger partial charge in [-0.15, -0.1) is 0 Å². The van der Waals surface area contributed by atoms with E-state index < -0.39 is 0 Å². The summed E-state index contributed by atoms with van der Waals surface area (Å²) in [6.07, 6.45) is 5.65. The van der Waals surface area contributed by atoms with Gasteiger partial charge in [-0.2, -0.15) is 5.10 Å². The summed E-state index contributed by atoms with van der Waals surface area (Å²) in [6.45, 7) is 1.01. The Kier molecular flexibility index (Phi) is 4.23. The topological polar surface area (TPSA) is 125 Å². The Hall–Kier alpha value is -3.40. The Balaban J connectivity index is 1.82. The van der Waals surface area contributed by atoms with Crippen molar-refractivity contribution in [2.45, 2.75) is 6.42 Å². The van der Waals surface area contributed by atoms with Crippen molar-refractivity contribution >= 4 is 17.3 Å². The van der Waals surface area contributed by atoms with Crippen LogP contribution in [-0.2, 0) is 7.05 Å². The van der Waals surface area contributed by atoms with Gasteiger partial charge < -0.3 is 20.2 Å². The van der Waals surface area contributed by atoms with E-state index in [4.69, 9.17) is 15.3 Å². The number of nitrogens with zero attached hydrogens (tertiary/aromatic N) is 5. The van der Waals surface area contributed by atoms with Gasteiger partial charge in [0.1, 0.15) is 22.8 Å². The lowest BCUT2D eigenvalue weighted by atomic mass is 10.3. The first kappa shape index (κ1) is 16.1. The molecule has 1 aliphatic heterocycles. The summed E-state index contributed by atoms with van der Waals surface area (Å²) in [4.78, 5) is 13.2. The summed E-state index contributed by atoms with van der Waals surface area (Å²) in [5.74, 6) is 8.42. The molecule has 0 saturated heterocycles. The largest absolute Gasteiger partial charge is 0.493 e. The molecule has 134 valence electrons. The normalized spacial score (nSPS) is 13.5. The average molecular weight is 354 g/mol. The highest BCUT2D eigenvalue weighted by molar-refractivity contribution is 5.72. The van der Waals surface area contributed by atoms with E-state index in [0.717, 1.165) is 6.42 Å². The standard InChI is InChI=1S/C16H18N8O2/c1-24-16-11(8-20-24)14-19-9-12(23-17)15(22-14)21-13-7-10(3-4-18-13)25-5-2-6-26-16/h3-4,7-9,23H,2,5-6,17H2,1H3,(H,18,19,21,22). The quantitative estimate of drug-likeness (QED) is 0.440. The second kappa shape index (κ2) is 6.84. The molecule has 0 atom stereocenters. The summed E-state index contributed by atoms with van der Waals surface area (Å²) in [7, 11) is 1.81. The van der Waals surface area contributed by atoms with Crippen molar-refractivity contribution in [3.63, 3.8) is 0 Å². The number of hydrogen-bond donors (Lipinski definition) is 3. The first-order valence-corrected chi connectivity index (χ1v) is 8.09. The number of aryl methyl sites for hydroxylation is 1. The number of nitrogen functional groups attached to an aromatic ring is 1. The smallest absolute Gasteiger partial charge is 0.222 e. The number of aromatic nitrogens is 5. The predicted octanol–water partition coefficient (Wildman–Crippen LogP) is 1.46. The molecule has 4 rings (SSSR count). The molecule has 10 heteroatoms. The molecule has 0 amide bonds. The van der Waals surface area contributed by atoms with Gasteiger partial charge in [0.05, 0.1) is 25.6 Å². The monoisotopic (exact) mass is 354 g/mol.